The number of ether oxygens (including phenoxy) is 3. The van der Waals surface area contributed by atoms with E-state index >= 15 is 0 Å². The van der Waals surface area contributed by atoms with Gasteiger partial charge in [0.15, 0.2) is 11.0 Å². The Morgan fingerprint density at radius 3 is 2.38 bits per heavy atom. The van der Waals surface area contributed by atoms with Crippen LogP contribution in [0.1, 0.15) is 18.1 Å². The van der Waals surface area contributed by atoms with Crippen LogP contribution < -0.4 is 14.2 Å². The van der Waals surface area contributed by atoms with Crippen molar-refractivity contribution >= 4 is 62.9 Å². The van der Waals surface area contributed by atoms with Crippen molar-refractivity contribution in [1.82, 2.24) is 14.8 Å². The van der Waals surface area contributed by atoms with E-state index in [1.165, 1.54) is 0 Å². The number of benzene rings is 3. The van der Waals surface area contributed by atoms with Crippen LogP contribution in [0.2, 0.25) is 10.0 Å². The number of halogens is 3. The Labute approximate surface area is 254 Å². The summed E-state index contributed by atoms with van der Waals surface area (Å²) < 4.78 is 19.1. The molecular formula is C28H24BrCl2N3O5S. The van der Waals surface area contributed by atoms with E-state index in [-0.39, 0.29) is 11.5 Å². The lowest BCUT2D eigenvalue weighted by atomic mass is 10.2. The second-order valence-electron chi connectivity index (χ2n) is 8.28. The molecule has 0 unspecified atom stereocenters. The number of aliphatic carboxylic acids is 1. The monoisotopic (exact) mass is 663 g/mol. The maximum atomic E-state index is 12.2. The van der Waals surface area contributed by atoms with Crippen LogP contribution in [-0.2, 0) is 17.9 Å². The quantitative estimate of drug-likeness (QED) is 0.128. The second kappa shape index (κ2) is 13.5. The summed E-state index contributed by atoms with van der Waals surface area (Å²) in [6.45, 7) is 2.70. The summed E-state index contributed by atoms with van der Waals surface area (Å²) in [5.74, 6) is 1.27. The Hall–Kier alpha value is -3.18. The highest BCUT2D eigenvalue weighted by atomic mass is 79.9. The Morgan fingerprint density at radius 1 is 1.05 bits per heavy atom. The number of thioether (sulfide) groups is 1. The molecule has 0 saturated carbocycles. The van der Waals surface area contributed by atoms with E-state index in [1.807, 2.05) is 23.6 Å². The van der Waals surface area contributed by atoms with Crippen molar-refractivity contribution in [2.24, 2.45) is 0 Å². The highest BCUT2D eigenvalue weighted by Gasteiger charge is 2.19. The molecule has 1 N–H and O–H groups in total. The molecule has 0 amide bonds. The van der Waals surface area contributed by atoms with Gasteiger partial charge in [-0.25, -0.2) is 4.79 Å². The molecule has 0 bridgehead atoms. The van der Waals surface area contributed by atoms with Crippen molar-refractivity contribution in [2.45, 2.75) is 25.2 Å². The molecule has 3 aromatic carbocycles. The molecular weight excluding hydrogens is 641 g/mol. The van der Waals surface area contributed by atoms with E-state index in [0.717, 1.165) is 22.9 Å². The largest absolute Gasteiger partial charge is 0.497 e. The molecule has 1 aromatic heterocycles. The van der Waals surface area contributed by atoms with E-state index in [1.54, 1.807) is 62.8 Å². The highest BCUT2D eigenvalue weighted by molar-refractivity contribution is 9.10. The first-order valence-corrected chi connectivity index (χ1v) is 14.2. The van der Waals surface area contributed by atoms with Gasteiger partial charge in [-0.1, -0.05) is 35.3 Å². The van der Waals surface area contributed by atoms with Crippen molar-refractivity contribution in [3.8, 4) is 28.6 Å². The second-order valence-corrected chi connectivity index (χ2v) is 11.0. The van der Waals surface area contributed by atoms with Crippen LogP contribution in [0.5, 0.6) is 17.2 Å². The minimum absolute atomic E-state index is 0.0744. The third-order valence-electron chi connectivity index (χ3n) is 5.71. The molecule has 0 fully saturated rings. The Morgan fingerprint density at radius 2 is 1.77 bits per heavy atom. The molecule has 0 saturated heterocycles. The molecule has 4 rings (SSSR count). The van der Waals surface area contributed by atoms with E-state index in [4.69, 9.17) is 37.4 Å². The van der Waals surface area contributed by atoms with Gasteiger partial charge in [0.25, 0.3) is 0 Å². The maximum Gasteiger partial charge on any atom is 0.342 e. The summed E-state index contributed by atoms with van der Waals surface area (Å²) in [5, 5.41) is 20.1. The lowest BCUT2D eigenvalue weighted by Crippen LogP contribution is -2.03. The third-order valence-corrected chi connectivity index (χ3v) is 7.91. The average molecular weight is 665 g/mol. The zero-order valence-corrected chi connectivity index (χ0v) is 25.6. The zero-order chi connectivity index (χ0) is 28.8. The van der Waals surface area contributed by atoms with Gasteiger partial charge in [0.2, 0.25) is 0 Å². The van der Waals surface area contributed by atoms with Gasteiger partial charge >= 0.3 is 5.97 Å². The predicted octanol–water partition coefficient (Wildman–Crippen LogP) is 7.85. The lowest BCUT2D eigenvalue weighted by molar-refractivity contribution is -0.131. The fraction of sp³-hybridized carbons (Fsp3) is 0.179. The van der Waals surface area contributed by atoms with Crippen LogP contribution in [0.3, 0.4) is 0 Å². The summed E-state index contributed by atoms with van der Waals surface area (Å²) >= 11 is 16.7. The molecule has 0 spiro atoms. The number of hydrogen-bond donors (Lipinski definition) is 1. The molecule has 1 heterocycles. The molecule has 0 radical (unpaired) electrons. The highest BCUT2D eigenvalue weighted by Crippen LogP contribution is 2.35. The van der Waals surface area contributed by atoms with Gasteiger partial charge in [-0.2, -0.15) is 0 Å². The van der Waals surface area contributed by atoms with E-state index in [2.05, 4.69) is 26.1 Å². The average Bonchev–Trinajstić information content (AvgIpc) is 3.35. The number of carboxylic acids is 1. The SMILES string of the molecule is CCn1c(S/C(=C\c2ccc(OCc3ccc(Cl)cc3Cl)c(Br)c2)C(=O)O)nnc1-c1cc(OC)cc(OC)c1. The first kappa shape index (κ1) is 29.8. The molecule has 0 aliphatic heterocycles. The van der Waals surface area contributed by atoms with Crippen molar-refractivity contribution in [3.63, 3.8) is 0 Å². The van der Waals surface area contributed by atoms with E-state index in [0.29, 0.717) is 54.9 Å². The minimum atomic E-state index is -1.09. The number of aromatic nitrogens is 3. The van der Waals surface area contributed by atoms with Gasteiger partial charge in [0, 0.05) is 33.8 Å². The topological polar surface area (TPSA) is 95.7 Å². The van der Waals surface area contributed by atoms with Crippen LogP contribution in [0, 0.1) is 0 Å². The molecule has 0 atom stereocenters. The summed E-state index contributed by atoms with van der Waals surface area (Å²) in [6, 6.07) is 15.9. The standard InChI is InChI=1S/C28H24BrCl2N3O5S/c1-4-34-26(18-11-20(37-2)14-21(12-18)38-3)32-33-28(34)40-25(27(35)36)10-16-5-8-24(22(29)9-16)39-15-17-6-7-19(30)13-23(17)31/h5-14H,4,15H2,1-3H3,(H,35,36)/b25-10-. The molecule has 12 heteroatoms. The Kier molecular flexibility index (Phi) is 10.0. The van der Waals surface area contributed by atoms with E-state index in [9.17, 15) is 9.90 Å². The van der Waals surface area contributed by atoms with Crippen LogP contribution in [0.15, 0.2) is 69.1 Å². The predicted molar refractivity (Wildman–Crippen MR) is 161 cm³/mol. The molecule has 4 aromatic rings. The van der Waals surface area contributed by atoms with Crippen LogP contribution in [0.4, 0.5) is 0 Å². The summed E-state index contributed by atoms with van der Waals surface area (Å²) in [5.41, 5.74) is 2.19. The summed E-state index contributed by atoms with van der Waals surface area (Å²) in [7, 11) is 3.14. The fourth-order valence-corrected chi connectivity index (χ4v) is 5.56. The van der Waals surface area contributed by atoms with Crippen LogP contribution in [-0.4, -0.2) is 40.1 Å². The van der Waals surface area contributed by atoms with Gasteiger partial charge in [0.05, 0.1) is 18.7 Å². The van der Waals surface area contributed by atoms with Gasteiger partial charge in [-0.05, 0) is 82.7 Å². The number of hydrogen-bond acceptors (Lipinski definition) is 7. The molecule has 208 valence electrons. The van der Waals surface area contributed by atoms with Crippen molar-refractivity contribution < 1.29 is 24.1 Å². The number of carbonyl (C=O) groups is 1. The molecule has 8 nitrogen and oxygen atoms in total. The molecule has 40 heavy (non-hydrogen) atoms. The normalized spacial score (nSPS) is 11.4. The first-order chi connectivity index (χ1) is 19.2. The number of nitrogens with zero attached hydrogens (tertiary/aromatic N) is 3. The lowest BCUT2D eigenvalue weighted by Gasteiger charge is -2.11. The van der Waals surface area contributed by atoms with Crippen LogP contribution in [0.25, 0.3) is 17.5 Å². The minimum Gasteiger partial charge on any atom is -0.497 e. The Bertz CT molecular complexity index is 1560. The van der Waals surface area contributed by atoms with Gasteiger partial charge < -0.3 is 23.9 Å². The maximum absolute atomic E-state index is 12.2. The van der Waals surface area contributed by atoms with E-state index < -0.39 is 5.97 Å². The number of methoxy groups -OCH3 is 2. The zero-order valence-electron chi connectivity index (χ0n) is 21.7. The third kappa shape index (κ3) is 7.11. The van der Waals surface area contributed by atoms with Crippen molar-refractivity contribution in [2.75, 3.05) is 14.2 Å². The first-order valence-electron chi connectivity index (χ1n) is 11.9. The fourth-order valence-electron chi connectivity index (χ4n) is 3.70. The summed E-state index contributed by atoms with van der Waals surface area (Å²) in [6.07, 6.45) is 1.57. The molecule has 0 aliphatic rings. The van der Waals surface area contributed by atoms with Crippen LogP contribution >= 0.6 is 50.9 Å². The van der Waals surface area contributed by atoms with Crippen molar-refractivity contribution in [1.29, 1.82) is 0 Å². The number of rotatable bonds is 11. The smallest absolute Gasteiger partial charge is 0.342 e. The van der Waals surface area contributed by atoms with Gasteiger partial charge in [-0.15, -0.1) is 10.2 Å². The number of carboxylic acid groups (broad SMARTS) is 1. The van der Waals surface area contributed by atoms with Crippen molar-refractivity contribution in [3.05, 3.63) is 85.1 Å². The molecule has 0 aliphatic carbocycles. The van der Waals surface area contributed by atoms with Gasteiger partial charge in [-0.3, -0.25) is 0 Å². The van der Waals surface area contributed by atoms with Gasteiger partial charge in [0.1, 0.15) is 28.8 Å². The summed E-state index contributed by atoms with van der Waals surface area (Å²) in [4.78, 5) is 12.3. The Balaban J connectivity index is 1.57.